The molecule has 100 valence electrons. The van der Waals surface area contributed by atoms with E-state index in [2.05, 4.69) is 56.4 Å². The first kappa shape index (κ1) is 13.6. The topological polar surface area (TPSA) is 12.0 Å². The molecule has 0 aliphatic heterocycles. The van der Waals surface area contributed by atoms with Crippen molar-refractivity contribution in [3.63, 3.8) is 0 Å². The number of benzene rings is 1. The maximum Gasteiger partial charge on any atom is 0.0322 e. The molecule has 0 heterocycles. The van der Waals surface area contributed by atoms with Crippen molar-refractivity contribution in [2.75, 3.05) is 6.54 Å². The van der Waals surface area contributed by atoms with Gasteiger partial charge in [0.15, 0.2) is 0 Å². The Bertz CT molecular complexity index is 351. The fourth-order valence-corrected chi connectivity index (χ4v) is 2.82. The van der Waals surface area contributed by atoms with Crippen LogP contribution in [0.2, 0.25) is 0 Å². The van der Waals surface area contributed by atoms with Crippen molar-refractivity contribution in [2.24, 2.45) is 11.3 Å². The summed E-state index contributed by atoms with van der Waals surface area (Å²) in [5.41, 5.74) is 2.00. The molecule has 2 rings (SSSR count). The van der Waals surface area contributed by atoms with Crippen LogP contribution in [0.15, 0.2) is 30.3 Å². The van der Waals surface area contributed by atoms with E-state index in [1.807, 2.05) is 0 Å². The van der Waals surface area contributed by atoms with Crippen molar-refractivity contribution < 1.29 is 0 Å². The second kappa shape index (κ2) is 5.88. The number of rotatable bonds is 6. The van der Waals surface area contributed by atoms with Crippen molar-refractivity contribution in [2.45, 2.75) is 52.5 Å². The molecule has 1 saturated carbocycles. The minimum absolute atomic E-state index is 0.517. The highest BCUT2D eigenvalue weighted by atomic mass is 14.9. The molecule has 0 spiro atoms. The fraction of sp³-hybridized carbons (Fsp3) is 0.647. The smallest absolute Gasteiger partial charge is 0.0322 e. The Labute approximate surface area is 112 Å². The predicted molar refractivity (Wildman–Crippen MR) is 78.6 cm³/mol. The summed E-state index contributed by atoms with van der Waals surface area (Å²) in [6.07, 6.45) is 5.42. The van der Waals surface area contributed by atoms with Crippen LogP contribution in [0.5, 0.6) is 0 Å². The molecule has 1 fully saturated rings. The van der Waals surface area contributed by atoms with Crippen LogP contribution >= 0.6 is 0 Å². The molecule has 0 amide bonds. The highest BCUT2D eigenvalue weighted by Gasteiger charge is 2.32. The van der Waals surface area contributed by atoms with E-state index in [9.17, 15) is 0 Å². The van der Waals surface area contributed by atoms with Gasteiger partial charge in [-0.3, -0.25) is 0 Å². The molecule has 1 heteroatoms. The summed E-state index contributed by atoms with van der Waals surface area (Å²) < 4.78 is 0. The van der Waals surface area contributed by atoms with E-state index in [1.54, 1.807) is 0 Å². The van der Waals surface area contributed by atoms with Gasteiger partial charge in [-0.25, -0.2) is 0 Å². The predicted octanol–water partition coefficient (Wildman–Crippen LogP) is 4.55. The second-order valence-corrected chi connectivity index (χ2v) is 6.64. The molecule has 1 unspecified atom stereocenters. The molecule has 1 aliphatic carbocycles. The number of hydrogen-bond acceptors (Lipinski definition) is 1. The van der Waals surface area contributed by atoms with E-state index in [0.29, 0.717) is 11.5 Å². The summed E-state index contributed by atoms with van der Waals surface area (Å²) in [6, 6.07) is 11.4. The van der Waals surface area contributed by atoms with Gasteiger partial charge in [0, 0.05) is 12.6 Å². The first-order chi connectivity index (χ1) is 8.59. The molecule has 0 saturated heterocycles. The summed E-state index contributed by atoms with van der Waals surface area (Å²) in [4.78, 5) is 0. The van der Waals surface area contributed by atoms with Gasteiger partial charge in [-0.2, -0.15) is 0 Å². The zero-order chi connectivity index (χ0) is 13.0. The summed E-state index contributed by atoms with van der Waals surface area (Å²) >= 11 is 0. The van der Waals surface area contributed by atoms with E-state index in [1.165, 1.54) is 37.8 Å². The van der Waals surface area contributed by atoms with E-state index in [0.717, 1.165) is 5.92 Å². The van der Waals surface area contributed by atoms with Crippen LogP contribution in [-0.2, 0) is 0 Å². The van der Waals surface area contributed by atoms with Gasteiger partial charge < -0.3 is 5.32 Å². The monoisotopic (exact) mass is 245 g/mol. The van der Waals surface area contributed by atoms with Gasteiger partial charge in [0.05, 0.1) is 0 Å². The molecule has 1 aliphatic rings. The lowest BCUT2D eigenvalue weighted by atomic mass is 9.70. The standard InChI is InChI=1S/C17H27N/c1-14(2)12-16(15-8-5-4-6-9-15)18-13-17(3)10-7-11-17/h4-6,8-9,14,16,18H,7,10-13H2,1-3H3. The minimum Gasteiger partial charge on any atom is -0.309 e. The van der Waals surface area contributed by atoms with E-state index in [4.69, 9.17) is 0 Å². The normalized spacial score (nSPS) is 19.6. The molecule has 0 radical (unpaired) electrons. The van der Waals surface area contributed by atoms with Crippen molar-refractivity contribution in [3.05, 3.63) is 35.9 Å². The van der Waals surface area contributed by atoms with E-state index in [-0.39, 0.29) is 0 Å². The van der Waals surface area contributed by atoms with Gasteiger partial charge in [-0.1, -0.05) is 57.5 Å². The average molecular weight is 245 g/mol. The Balaban J connectivity index is 1.96. The summed E-state index contributed by atoms with van der Waals surface area (Å²) in [7, 11) is 0. The van der Waals surface area contributed by atoms with Gasteiger partial charge in [0.25, 0.3) is 0 Å². The SMILES string of the molecule is CC(C)CC(NCC1(C)CCC1)c1ccccc1. The van der Waals surface area contributed by atoms with Crippen molar-refractivity contribution in [1.82, 2.24) is 5.32 Å². The Morgan fingerprint density at radius 1 is 1.17 bits per heavy atom. The van der Waals surface area contributed by atoms with Gasteiger partial charge in [0.2, 0.25) is 0 Å². The van der Waals surface area contributed by atoms with Crippen LogP contribution in [0.4, 0.5) is 0 Å². The Morgan fingerprint density at radius 3 is 2.33 bits per heavy atom. The molecule has 1 N–H and O–H groups in total. The largest absolute Gasteiger partial charge is 0.309 e. The lowest BCUT2D eigenvalue weighted by Crippen LogP contribution is -2.39. The molecule has 0 aromatic heterocycles. The average Bonchev–Trinajstić information content (AvgIpc) is 2.33. The highest BCUT2D eigenvalue weighted by Crippen LogP contribution is 2.40. The third-order valence-electron chi connectivity index (χ3n) is 4.24. The first-order valence-electron chi connectivity index (χ1n) is 7.37. The zero-order valence-corrected chi connectivity index (χ0v) is 12.1. The number of nitrogens with one attached hydrogen (secondary N) is 1. The third kappa shape index (κ3) is 3.58. The first-order valence-corrected chi connectivity index (χ1v) is 7.37. The van der Waals surface area contributed by atoms with Crippen molar-refractivity contribution in [1.29, 1.82) is 0 Å². The lowest BCUT2D eigenvalue weighted by Gasteiger charge is -2.40. The molecular formula is C17H27N. The highest BCUT2D eigenvalue weighted by molar-refractivity contribution is 5.19. The molecule has 0 bridgehead atoms. The molecule has 1 atom stereocenters. The molecular weight excluding hydrogens is 218 g/mol. The molecule has 1 aromatic carbocycles. The van der Waals surface area contributed by atoms with Crippen LogP contribution in [0.1, 0.15) is 58.1 Å². The molecule has 1 nitrogen and oxygen atoms in total. The van der Waals surface area contributed by atoms with Crippen LogP contribution in [0.25, 0.3) is 0 Å². The Kier molecular flexibility index (Phi) is 4.45. The quantitative estimate of drug-likeness (QED) is 0.775. The van der Waals surface area contributed by atoms with E-state index < -0.39 is 0 Å². The summed E-state index contributed by atoms with van der Waals surface area (Å²) in [6.45, 7) is 8.20. The summed E-state index contributed by atoms with van der Waals surface area (Å²) in [5, 5.41) is 3.81. The zero-order valence-electron chi connectivity index (χ0n) is 12.1. The number of hydrogen-bond donors (Lipinski definition) is 1. The van der Waals surface area contributed by atoms with Crippen LogP contribution in [-0.4, -0.2) is 6.54 Å². The maximum absolute atomic E-state index is 3.81. The molecule has 18 heavy (non-hydrogen) atoms. The molecule has 1 aromatic rings. The fourth-order valence-electron chi connectivity index (χ4n) is 2.82. The van der Waals surface area contributed by atoms with Gasteiger partial charge >= 0.3 is 0 Å². The van der Waals surface area contributed by atoms with Crippen molar-refractivity contribution >= 4 is 0 Å². The van der Waals surface area contributed by atoms with Crippen molar-refractivity contribution in [3.8, 4) is 0 Å². The second-order valence-electron chi connectivity index (χ2n) is 6.64. The van der Waals surface area contributed by atoms with E-state index >= 15 is 0 Å². The van der Waals surface area contributed by atoms with Crippen LogP contribution in [0, 0.1) is 11.3 Å². The Morgan fingerprint density at radius 2 is 1.83 bits per heavy atom. The van der Waals surface area contributed by atoms with Crippen LogP contribution < -0.4 is 5.32 Å². The lowest BCUT2D eigenvalue weighted by molar-refractivity contribution is 0.148. The van der Waals surface area contributed by atoms with Gasteiger partial charge in [-0.15, -0.1) is 0 Å². The van der Waals surface area contributed by atoms with Gasteiger partial charge in [-0.05, 0) is 36.2 Å². The summed E-state index contributed by atoms with van der Waals surface area (Å²) in [5.74, 6) is 0.733. The minimum atomic E-state index is 0.517. The third-order valence-corrected chi connectivity index (χ3v) is 4.24. The Hall–Kier alpha value is -0.820. The maximum atomic E-state index is 3.81. The van der Waals surface area contributed by atoms with Crippen LogP contribution in [0.3, 0.4) is 0 Å². The van der Waals surface area contributed by atoms with Gasteiger partial charge in [0.1, 0.15) is 0 Å².